The van der Waals surface area contributed by atoms with Gasteiger partial charge in [0, 0.05) is 22.7 Å². The molecule has 1 aliphatic rings. The number of carbonyl (C=O) groups is 2. The van der Waals surface area contributed by atoms with Crippen molar-refractivity contribution in [2.24, 2.45) is 0 Å². The maximum Gasteiger partial charge on any atom is 0.253 e. The molecule has 1 fully saturated rings. The molecular weight excluding hydrogens is 408 g/mol. The standard InChI is InChI=1S/C25H26N2O3S/c1-2-17-10-12-18(13-11-17)23(22-9-5-15-31-22)27-24(28)19-6-3-7-20(16-19)26-25(29)21-8-4-14-30-21/h3,5-7,9-13,15-16,21,23H,2,4,8,14H2,1H3,(H,26,29)(H,27,28). The fraction of sp³-hybridized carbons (Fsp3) is 0.280. The minimum atomic E-state index is -0.410. The highest BCUT2D eigenvalue weighted by molar-refractivity contribution is 7.10. The number of nitrogens with one attached hydrogen (secondary N) is 2. The van der Waals surface area contributed by atoms with E-state index in [1.807, 2.05) is 17.5 Å². The highest BCUT2D eigenvalue weighted by atomic mass is 32.1. The second-order valence-electron chi connectivity index (χ2n) is 7.59. The smallest absolute Gasteiger partial charge is 0.253 e. The number of hydrogen-bond acceptors (Lipinski definition) is 4. The van der Waals surface area contributed by atoms with Crippen molar-refractivity contribution in [3.05, 3.63) is 87.6 Å². The third-order valence-electron chi connectivity index (χ3n) is 5.44. The Morgan fingerprint density at radius 2 is 1.97 bits per heavy atom. The lowest BCUT2D eigenvalue weighted by Crippen LogP contribution is -2.29. The number of aryl methyl sites for hydroxylation is 1. The average molecular weight is 435 g/mol. The fourth-order valence-corrected chi connectivity index (χ4v) is 4.48. The molecule has 5 nitrogen and oxygen atoms in total. The van der Waals surface area contributed by atoms with Crippen LogP contribution in [0, 0.1) is 0 Å². The molecule has 1 aliphatic heterocycles. The average Bonchev–Trinajstić information content (AvgIpc) is 3.52. The third-order valence-corrected chi connectivity index (χ3v) is 6.38. The number of hydrogen-bond donors (Lipinski definition) is 2. The number of benzene rings is 2. The number of anilines is 1. The van der Waals surface area contributed by atoms with E-state index < -0.39 is 6.10 Å². The first-order valence-corrected chi connectivity index (χ1v) is 11.5. The zero-order valence-corrected chi connectivity index (χ0v) is 18.3. The molecule has 0 saturated carbocycles. The molecular formula is C25H26N2O3S. The summed E-state index contributed by atoms with van der Waals surface area (Å²) in [5.74, 6) is -0.353. The Hall–Kier alpha value is -2.96. The van der Waals surface area contributed by atoms with E-state index in [9.17, 15) is 9.59 Å². The molecule has 0 aliphatic carbocycles. The van der Waals surface area contributed by atoms with Gasteiger partial charge in [-0.15, -0.1) is 11.3 Å². The van der Waals surface area contributed by atoms with E-state index >= 15 is 0 Å². The quantitative estimate of drug-likeness (QED) is 0.553. The summed E-state index contributed by atoms with van der Waals surface area (Å²) in [6.45, 7) is 2.74. The molecule has 0 spiro atoms. The van der Waals surface area contributed by atoms with E-state index in [1.165, 1.54) is 5.56 Å². The summed E-state index contributed by atoms with van der Waals surface area (Å²) in [6, 6.07) is 19.1. The molecule has 2 atom stereocenters. The molecule has 2 heterocycles. The van der Waals surface area contributed by atoms with Gasteiger partial charge in [0.05, 0.1) is 6.04 Å². The molecule has 1 aromatic heterocycles. The second-order valence-corrected chi connectivity index (χ2v) is 8.57. The molecule has 4 rings (SSSR count). The van der Waals surface area contributed by atoms with Gasteiger partial charge < -0.3 is 15.4 Å². The maximum absolute atomic E-state index is 13.1. The van der Waals surface area contributed by atoms with Crippen LogP contribution in [-0.4, -0.2) is 24.5 Å². The van der Waals surface area contributed by atoms with Crippen LogP contribution in [-0.2, 0) is 16.0 Å². The van der Waals surface area contributed by atoms with Crippen molar-refractivity contribution in [1.29, 1.82) is 0 Å². The normalized spacial score (nSPS) is 16.6. The highest BCUT2D eigenvalue weighted by Crippen LogP contribution is 2.27. The van der Waals surface area contributed by atoms with E-state index in [0.29, 0.717) is 17.9 Å². The molecule has 0 bridgehead atoms. The SMILES string of the molecule is CCc1ccc(C(NC(=O)c2cccc(NC(=O)C3CCCO3)c2)c2cccs2)cc1. The van der Waals surface area contributed by atoms with Crippen LogP contribution in [0.15, 0.2) is 66.0 Å². The summed E-state index contributed by atoms with van der Waals surface area (Å²) in [7, 11) is 0. The lowest BCUT2D eigenvalue weighted by molar-refractivity contribution is -0.124. The minimum absolute atomic E-state index is 0.164. The number of thiophene rings is 1. The third kappa shape index (κ3) is 5.21. The van der Waals surface area contributed by atoms with Gasteiger partial charge in [-0.3, -0.25) is 9.59 Å². The molecule has 160 valence electrons. The van der Waals surface area contributed by atoms with Crippen LogP contribution >= 0.6 is 11.3 Å². The molecule has 2 N–H and O–H groups in total. The number of ether oxygens (including phenoxy) is 1. The summed E-state index contributed by atoms with van der Waals surface area (Å²) < 4.78 is 5.43. The van der Waals surface area contributed by atoms with Gasteiger partial charge in [-0.05, 0) is 60.0 Å². The molecule has 6 heteroatoms. The predicted octanol–water partition coefficient (Wildman–Crippen LogP) is 4.95. The second kappa shape index (κ2) is 9.90. The minimum Gasteiger partial charge on any atom is -0.368 e. The topological polar surface area (TPSA) is 67.4 Å². The van der Waals surface area contributed by atoms with E-state index in [0.717, 1.165) is 29.7 Å². The molecule has 0 radical (unpaired) electrons. The summed E-state index contributed by atoms with van der Waals surface area (Å²) in [6.07, 6.45) is 2.18. The van der Waals surface area contributed by atoms with Crippen LogP contribution in [0.25, 0.3) is 0 Å². The van der Waals surface area contributed by atoms with Crippen LogP contribution in [0.2, 0.25) is 0 Å². The van der Waals surface area contributed by atoms with Crippen LogP contribution in [0.1, 0.15) is 52.2 Å². The Labute approximate surface area is 186 Å². The number of amides is 2. The van der Waals surface area contributed by atoms with Gasteiger partial charge >= 0.3 is 0 Å². The molecule has 1 saturated heterocycles. The van der Waals surface area contributed by atoms with E-state index in [4.69, 9.17) is 4.74 Å². The van der Waals surface area contributed by atoms with Crippen molar-refractivity contribution < 1.29 is 14.3 Å². The zero-order chi connectivity index (χ0) is 21.6. The van der Waals surface area contributed by atoms with Crippen molar-refractivity contribution in [1.82, 2.24) is 5.32 Å². The lowest BCUT2D eigenvalue weighted by atomic mass is 10.0. The van der Waals surface area contributed by atoms with Gasteiger partial charge in [0.25, 0.3) is 11.8 Å². The fourth-order valence-electron chi connectivity index (χ4n) is 3.68. The van der Waals surface area contributed by atoms with Crippen molar-refractivity contribution in [2.75, 3.05) is 11.9 Å². The lowest BCUT2D eigenvalue weighted by Gasteiger charge is -2.19. The number of rotatable bonds is 7. The van der Waals surface area contributed by atoms with Gasteiger partial charge in [0.2, 0.25) is 0 Å². The Bertz CT molecular complexity index is 1030. The van der Waals surface area contributed by atoms with E-state index in [1.54, 1.807) is 35.6 Å². The van der Waals surface area contributed by atoms with Crippen molar-refractivity contribution >= 4 is 28.8 Å². The van der Waals surface area contributed by atoms with Crippen LogP contribution in [0.5, 0.6) is 0 Å². The van der Waals surface area contributed by atoms with E-state index in [2.05, 4.69) is 41.8 Å². The highest BCUT2D eigenvalue weighted by Gasteiger charge is 2.24. The van der Waals surface area contributed by atoms with Crippen LogP contribution in [0.3, 0.4) is 0 Å². The first-order chi connectivity index (χ1) is 15.1. The van der Waals surface area contributed by atoms with Gasteiger partial charge in [0.1, 0.15) is 6.10 Å². The zero-order valence-electron chi connectivity index (χ0n) is 17.5. The Morgan fingerprint density at radius 1 is 1.13 bits per heavy atom. The molecule has 2 unspecified atom stereocenters. The van der Waals surface area contributed by atoms with Crippen molar-refractivity contribution in [2.45, 2.75) is 38.3 Å². The molecule has 3 aromatic rings. The number of carbonyl (C=O) groups excluding carboxylic acids is 2. The monoisotopic (exact) mass is 434 g/mol. The summed E-state index contributed by atoms with van der Waals surface area (Å²) >= 11 is 1.61. The van der Waals surface area contributed by atoms with Gasteiger partial charge in [-0.1, -0.05) is 43.3 Å². The summed E-state index contributed by atoms with van der Waals surface area (Å²) in [5.41, 5.74) is 3.38. The van der Waals surface area contributed by atoms with Crippen molar-refractivity contribution in [3.63, 3.8) is 0 Å². The molecule has 2 aromatic carbocycles. The Kier molecular flexibility index (Phi) is 6.79. The van der Waals surface area contributed by atoms with Gasteiger partial charge in [-0.2, -0.15) is 0 Å². The first kappa shape index (κ1) is 21.3. The van der Waals surface area contributed by atoms with Crippen LogP contribution in [0.4, 0.5) is 5.69 Å². The van der Waals surface area contributed by atoms with E-state index in [-0.39, 0.29) is 17.9 Å². The van der Waals surface area contributed by atoms with Gasteiger partial charge in [0.15, 0.2) is 0 Å². The molecule has 31 heavy (non-hydrogen) atoms. The Morgan fingerprint density at radius 3 is 2.65 bits per heavy atom. The van der Waals surface area contributed by atoms with Crippen molar-refractivity contribution in [3.8, 4) is 0 Å². The first-order valence-electron chi connectivity index (χ1n) is 10.6. The Balaban J connectivity index is 1.51. The van der Waals surface area contributed by atoms with Crippen LogP contribution < -0.4 is 10.6 Å². The maximum atomic E-state index is 13.1. The molecule has 2 amide bonds. The van der Waals surface area contributed by atoms with Gasteiger partial charge in [-0.25, -0.2) is 0 Å². The predicted molar refractivity (Wildman–Crippen MR) is 123 cm³/mol. The largest absolute Gasteiger partial charge is 0.368 e. The summed E-state index contributed by atoms with van der Waals surface area (Å²) in [4.78, 5) is 26.5. The summed E-state index contributed by atoms with van der Waals surface area (Å²) in [5, 5.41) is 8.03.